The number of Topliss-reactive ketones (excluding diaryl/α,β-unsaturated/α-hetero) is 1. The van der Waals surface area contributed by atoms with E-state index in [1.807, 2.05) is 13.0 Å². The number of allylic oxidation sites excluding steroid dienone is 3. The summed E-state index contributed by atoms with van der Waals surface area (Å²) in [4.78, 5) is 25.4. The van der Waals surface area contributed by atoms with E-state index in [4.69, 9.17) is 0 Å². The van der Waals surface area contributed by atoms with Gasteiger partial charge in [0.25, 0.3) is 0 Å². The van der Waals surface area contributed by atoms with Gasteiger partial charge >= 0.3 is 0 Å². The zero-order chi connectivity index (χ0) is 20.8. The van der Waals surface area contributed by atoms with Crippen molar-refractivity contribution >= 4 is 11.6 Å². The molecule has 0 aliphatic heterocycles. The molecule has 158 valence electrons. The van der Waals surface area contributed by atoms with Gasteiger partial charge in [-0.05, 0) is 113 Å². The molecule has 5 aliphatic rings. The topological polar surface area (TPSA) is 34.1 Å². The molecule has 0 amide bonds. The van der Waals surface area contributed by atoms with Crippen LogP contribution in [-0.2, 0) is 9.59 Å². The normalized spacial score (nSPS) is 49.0. The lowest BCUT2D eigenvalue weighted by molar-refractivity contribution is -0.145. The third kappa shape index (κ3) is 2.35. The van der Waals surface area contributed by atoms with Gasteiger partial charge in [0.1, 0.15) is 5.78 Å². The summed E-state index contributed by atoms with van der Waals surface area (Å²) in [5.41, 5.74) is 4.70. The molecular formula is C27H38O2. The molecular weight excluding hydrogens is 356 g/mol. The van der Waals surface area contributed by atoms with Gasteiger partial charge < -0.3 is 0 Å². The van der Waals surface area contributed by atoms with Crippen molar-refractivity contribution in [3.8, 4) is 0 Å². The standard InChI is InChI=1S/C27H38O2/c1-16-12-20-14-24-22-7-6-19-13-21(29)8-10-25(19,4)23(22)9-11-26(24,5)27(20,18(3)28)15-17(16)2/h13,20,22-24H,6-12,14-15H2,1-5H3/t20-,22+,23-,24-,25+,26+,27-/m1/s1. The van der Waals surface area contributed by atoms with Crippen molar-refractivity contribution in [1.29, 1.82) is 0 Å². The van der Waals surface area contributed by atoms with Crippen LogP contribution in [0.25, 0.3) is 0 Å². The molecule has 5 aliphatic carbocycles. The Hall–Kier alpha value is -1.18. The molecule has 3 fully saturated rings. The highest BCUT2D eigenvalue weighted by Crippen LogP contribution is 2.74. The Kier molecular flexibility index (Phi) is 4.21. The van der Waals surface area contributed by atoms with E-state index in [1.54, 1.807) is 0 Å². The summed E-state index contributed by atoms with van der Waals surface area (Å²) in [6.45, 7) is 11.4. The zero-order valence-electron chi connectivity index (χ0n) is 19.1. The van der Waals surface area contributed by atoms with E-state index in [9.17, 15) is 9.59 Å². The first-order valence-electron chi connectivity index (χ1n) is 12.0. The Bertz CT molecular complexity index is 847. The number of rotatable bonds is 1. The Morgan fingerprint density at radius 2 is 1.79 bits per heavy atom. The summed E-state index contributed by atoms with van der Waals surface area (Å²) in [6, 6.07) is 0. The van der Waals surface area contributed by atoms with Gasteiger partial charge in [-0.2, -0.15) is 0 Å². The van der Waals surface area contributed by atoms with Crippen molar-refractivity contribution in [3.63, 3.8) is 0 Å². The molecule has 3 saturated carbocycles. The van der Waals surface area contributed by atoms with Crippen molar-refractivity contribution in [1.82, 2.24) is 0 Å². The molecule has 2 nitrogen and oxygen atoms in total. The van der Waals surface area contributed by atoms with Crippen LogP contribution in [0.1, 0.15) is 92.4 Å². The average molecular weight is 395 g/mol. The van der Waals surface area contributed by atoms with Crippen molar-refractivity contribution in [2.45, 2.75) is 92.4 Å². The fraction of sp³-hybridized carbons (Fsp3) is 0.778. The van der Waals surface area contributed by atoms with Gasteiger partial charge in [0.05, 0.1) is 0 Å². The first-order valence-corrected chi connectivity index (χ1v) is 12.0. The molecule has 0 radical (unpaired) electrons. The SMILES string of the molecule is CC(=O)[C@]12CC(C)=C(C)C[C@@H]1C[C@@H]1[C@H]3CCC4=CC(=O)CC[C@]4(C)[C@@H]3CC[C@@]12C. The fourth-order valence-corrected chi connectivity index (χ4v) is 9.37. The monoisotopic (exact) mass is 394 g/mol. The van der Waals surface area contributed by atoms with Crippen molar-refractivity contribution in [3.05, 3.63) is 22.8 Å². The van der Waals surface area contributed by atoms with E-state index < -0.39 is 0 Å². The van der Waals surface area contributed by atoms with Gasteiger partial charge in [0, 0.05) is 11.8 Å². The van der Waals surface area contributed by atoms with E-state index >= 15 is 0 Å². The number of hydrogen-bond acceptors (Lipinski definition) is 2. The summed E-state index contributed by atoms with van der Waals surface area (Å²) in [5.74, 6) is 3.44. The minimum absolute atomic E-state index is 0.133. The van der Waals surface area contributed by atoms with Crippen molar-refractivity contribution in [2.75, 3.05) is 0 Å². The molecule has 0 heterocycles. The molecule has 5 rings (SSSR count). The lowest BCUT2D eigenvalue weighted by atomic mass is 9.43. The maximum Gasteiger partial charge on any atom is 0.155 e. The quantitative estimate of drug-likeness (QED) is 0.479. The molecule has 0 unspecified atom stereocenters. The van der Waals surface area contributed by atoms with E-state index in [0.717, 1.165) is 38.0 Å². The largest absolute Gasteiger partial charge is 0.299 e. The second kappa shape index (κ2) is 6.17. The van der Waals surface area contributed by atoms with Crippen molar-refractivity contribution in [2.24, 2.45) is 39.9 Å². The molecule has 0 aromatic carbocycles. The highest BCUT2D eigenvalue weighted by atomic mass is 16.1. The fourth-order valence-electron chi connectivity index (χ4n) is 9.37. The lowest BCUT2D eigenvalue weighted by Gasteiger charge is -2.60. The molecule has 7 atom stereocenters. The number of ketones is 2. The molecule has 0 aromatic heterocycles. The number of carbonyl (C=O) groups is 2. The van der Waals surface area contributed by atoms with E-state index in [-0.39, 0.29) is 16.2 Å². The molecule has 0 N–H and O–H groups in total. The third-order valence-electron chi connectivity index (χ3n) is 11.1. The van der Waals surface area contributed by atoms with Crippen LogP contribution < -0.4 is 0 Å². The Morgan fingerprint density at radius 1 is 1.03 bits per heavy atom. The molecule has 0 saturated heterocycles. The maximum atomic E-state index is 13.3. The van der Waals surface area contributed by atoms with Crippen LogP contribution in [-0.4, -0.2) is 11.6 Å². The zero-order valence-corrected chi connectivity index (χ0v) is 19.1. The van der Waals surface area contributed by atoms with E-state index in [1.165, 1.54) is 42.4 Å². The maximum absolute atomic E-state index is 13.3. The molecule has 29 heavy (non-hydrogen) atoms. The van der Waals surface area contributed by atoms with Crippen LogP contribution in [0.15, 0.2) is 22.8 Å². The Morgan fingerprint density at radius 3 is 2.52 bits per heavy atom. The smallest absolute Gasteiger partial charge is 0.155 e. The van der Waals surface area contributed by atoms with Gasteiger partial charge in [-0.15, -0.1) is 0 Å². The summed E-state index contributed by atoms with van der Waals surface area (Å²) < 4.78 is 0. The highest BCUT2D eigenvalue weighted by molar-refractivity contribution is 5.91. The summed E-state index contributed by atoms with van der Waals surface area (Å²) in [7, 11) is 0. The van der Waals surface area contributed by atoms with Gasteiger partial charge in [0.15, 0.2) is 5.78 Å². The van der Waals surface area contributed by atoms with Crippen LogP contribution in [0.4, 0.5) is 0 Å². The second-order valence-corrected chi connectivity index (χ2v) is 11.8. The predicted octanol–water partition coefficient (Wildman–Crippen LogP) is 6.45. The minimum Gasteiger partial charge on any atom is -0.299 e. The van der Waals surface area contributed by atoms with Gasteiger partial charge in [-0.1, -0.05) is 30.6 Å². The number of fused-ring (bicyclic) bond motifs is 7. The predicted molar refractivity (Wildman–Crippen MR) is 116 cm³/mol. The average Bonchev–Trinajstić information content (AvgIpc) is 2.92. The number of carbonyl (C=O) groups excluding carboxylic acids is 2. The highest BCUT2D eigenvalue weighted by Gasteiger charge is 2.69. The lowest BCUT2D eigenvalue weighted by Crippen LogP contribution is -2.55. The van der Waals surface area contributed by atoms with Crippen LogP contribution >= 0.6 is 0 Å². The first kappa shape index (κ1) is 19.8. The van der Waals surface area contributed by atoms with Crippen LogP contribution in [0.2, 0.25) is 0 Å². The first-order chi connectivity index (χ1) is 13.6. The van der Waals surface area contributed by atoms with E-state index in [2.05, 4.69) is 27.7 Å². The molecule has 0 aromatic rings. The van der Waals surface area contributed by atoms with Gasteiger partial charge in [0.2, 0.25) is 0 Å². The van der Waals surface area contributed by atoms with Gasteiger partial charge in [-0.3, -0.25) is 9.59 Å². The summed E-state index contributed by atoms with van der Waals surface area (Å²) in [6.07, 6.45) is 11.9. The Balaban J connectivity index is 1.56. The number of hydrogen-bond donors (Lipinski definition) is 0. The van der Waals surface area contributed by atoms with Crippen LogP contribution in [0.5, 0.6) is 0 Å². The molecule has 2 heteroatoms. The van der Waals surface area contributed by atoms with Gasteiger partial charge in [-0.25, -0.2) is 0 Å². The third-order valence-corrected chi connectivity index (χ3v) is 11.1. The minimum atomic E-state index is -0.133. The molecule has 0 bridgehead atoms. The van der Waals surface area contributed by atoms with Crippen molar-refractivity contribution < 1.29 is 9.59 Å². The summed E-state index contributed by atoms with van der Waals surface area (Å²) in [5, 5.41) is 0. The van der Waals surface area contributed by atoms with Crippen LogP contribution in [0.3, 0.4) is 0 Å². The molecule has 0 spiro atoms. The second-order valence-electron chi connectivity index (χ2n) is 11.8. The Labute approximate surface area is 176 Å². The van der Waals surface area contributed by atoms with Crippen LogP contribution in [0, 0.1) is 39.9 Å². The summed E-state index contributed by atoms with van der Waals surface area (Å²) >= 11 is 0. The van der Waals surface area contributed by atoms with E-state index in [0.29, 0.717) is 29.3 Å².